The van der Waals surface area contributed by atoms with Crippen molar-refractivity contribution in [3.05, 3.63) is 12.2 Å². The fraction of sp³-hybridized carbons (Fsp3) is 0.789. The van der Waals surface area contributed by atoms with Crippen LogP contribution in [0.15, 0.2) is 12.2 Å². The van der Waals surface area contributed by atoms with Gasteiger partial charge in [-0.15, -0.1) is 0 Å². The maximum absolute atomic E-state index is 12.6. The zero-order valence-corrected chi connectivity index (χ0v) is 15.5. The molecule has 1 aliphatic carbocycles. The molecule has 3 aliphatic rings. The number of likely N-dealkylation sites (tertiary alicyclic amines) is 1. The van der Waals surface area contributed by atoms with E-state index >= 15 is 0 Å². The SMILES string of the molecule is C=C(C)CN1CCC(NC(=O)N2CCCN(C(=O)C3CC3)CC2)CC1. The number of amides is 3. The maximum Gasteiger partial charge on any atom is 0.317 e. The van der Waals surface area contributed by atoms with E-state index in [2.05, 4.69) is 23.7 Å². The summed E-state index contributed by atoms with van der Waals surface area (Å²) in [7, 11) is 0. The molecule has 0 unspecified atom stereocenters. The molecule has 3 rings (SSSR count). The Kier molecular flexibility index (Phi) is 5.99. The van der Waals surface area contributed by atoms with Crippen molar-refractivity contribution in [1.29, 1.82) is 0 Å². The van der Waals surface area contributed by atoms with Crippen LogP contribution in [0.25, 0.3) is 0 Å². The second-order valence-corrected chi connectivity index (χ2v) is 7.90. The number of hydrogen-bond donors (Lipinski definition) is 1. The lowest BCUT2D eigenvalue weighted by Gasteiger charge is -2.33. The van der Waals surface area contributed by atoms with E-state index in [1.807, 2.05) is 9.80 Å². The zero-order valence-electron chi connectivity index (χ0n) is 15.5. The number of hydrogen-bond acceptors (Lipinski definition) is 3. The summed E-state index contributed by atoms with van der Waals surface area (Å²) >= 11 is 0. The van der Waals surface area contributed by atoms with E-state index in [4.69, 9.17) is 0 Å². The van der Waals surface area contributed by atoms with Gasteiger partial charge in [0.25, 0.3) is 0 Å². The molecule has 2 saturated heterocycles. The number of carbonyl (C=O) groups is 2. The van der Waals surface area contributed by atoms with Gasteiger partial charge in [0.05, 0.1) is 0 Å². The number of carbonyl (C=O) groups excluding carboxylic acids is 2. The minimum absolute atomic E-state index is 0.0408. The van der Waals surface area contributed by atoms with Crippen molar-refractivity contribution in [3.8, 4) is 0 Å². The number of rotatable bonds is 4. The monoisotopic (exact) mass is 348 g/mol. The van der Waals surface area contributed by atoms with Crippen molar-refractivity contribution in [2.75, 3.05) is 45.8 Å². The standard InChI is InChI=1S/C19H32N4O2/c1-15(2)14-21-10-6-17(7-11-21)20-19(25)23-9-3-8-22(12-13-23)18(24)16-4-5-16/h16-17H,1,3-14H2,2H3,(H,20,25). The number of nitrogens with zero attached hydrogens (tertiary/aromatic N) is 3. The van der Waals surface area contributed by atoms with Gasteiger partial charge < -0.3 is 15.1 Å². The highest BCUT2D eigenvalue weighted by atomic mass is 16.2. The molecule has 1 saturated carbocycles. The van der Waals surface area contributed by atoms with E-state index in [1.54, 1.807) is 0 Å². The van der Waals surface area contributed by atoms with Crippen LogP contribution in [0.5, 0.6) is 0 Å². The van der Waals surface area contributed by atoms with Crippen LogP contribution in [-0.2, 0) is 4.79 Å². The molecular formula is C19H32N4O2. The van der Waals surface area contributed by atoms with E-state index in [0.29, 0.717) is 19.0 Å². The van der Waals surface area contributed by atoms with Gasteiger partial charge in [0.1, 0.15) is 0 Å². The van der Waals surface area contributed by atoms with E-state index in [1.165, 1.54) is 5.57 Å². The van der Waals surface area contributed by atoms with Crippen molar-refractivity contribution in [2.45, 2.75) is 45.1 Å². The zero-order chi connectivity index (χ0) is 17.8. The summed E-state index contributed by atoms with van der Waals surface area (Å²) in [6.45, 7) is 11.9. The quantitative estimate of drug-likeness (QED) is 0.787. The molecule has 2 heterocycles. The van der Waals surface area contributed by atoms with E-state index in [9.17, 15) is 9.59 Å². The molecule has 0 bridgehead atoms. The van der Waals surface area contributed by atoms with Gasteiger partial charge in [-0.1, -0.05) is 12.2 Å². The molecule has 0 aromatic carbocycles. The van der Waals surface area contributed by atoms with Crippen LogP contribution in [0, 0.1) is 5.92 Å². The highest BCUT2D eigenvalue weighted by molar-refractivity contribution is 5.81. The lowest BCUT2D eigenvalue weighted by Crippen LogP contribution is -2.50. The molecule has 0 aromatic rings. The molecule has 3 fully saturated rings. The summed E-state index contributed by atoms with van der Waals surface area (Å²) in [5, 5.41) is 3.20. The van der Waals surface area contributed by atoms with Gasteiger partial charge in [0.15, 0.2) is 0 Å². The van der Waals surface area contributed by atoms with Gasteiger partial charge in [-0.3, -0.25) is 9.69 Å². The molecule has 140 valence electrons. The third-order valence-corrected chi connectivity index (χ3v) is 5.43. The Hall–Kier alpha value is -1.56. The first-order valence-corrected chi connectivity index (χ1v) is 9.74. The average Bonchev–Trinajstić information content (AvgIpc) is 3.42. The molecule has 1 N–H and O–H groups in total. The van der Waals surface area contributed by atoms with Crippen LogP contribution in [0.2, 0.25) is 0 Å². The molecule has 0 aromatic heterocycles. The Morgan fingerprint density at radius 1 is 0.960 bits per heavy atom. The molecule has 2 aliphatic heterocycles. The largest absolute Gasteiger partial charge is 0.341 e. The Labute approximate surface area is 151 Å². The fourth-order valence-corrected chi connectivity index (χ4v) is 3.81. The molecule has 6 nitrogen and oxygen atoms in total. The Morgan fingerprint density at radius 2 is 1.60 bits per heavy atom. The summed E-state index contributed by atoms with van der Waals surface area (Å²) in [5.41, 5.74) is 1.19. The fourth-order valence-electron chi connectivity index (χ4n) is 3.81. The third-order valence-electron chi connectivity index (χ3n) is 5.43. The summed E-state index contributed by atoms with van der Waals surface area (Å²) in [6.07, 6.45) is 4.97. The summed E-state index contributed by atoms with van der Waals surface area (Å²) in [4.78, 5) is 31.0. The van der Waals surface area contributed by atoms with Crippen molar-refractivity contribution in [2.24, 2.45) is 5.92 Å². The van der Waals surface area contributed by atoms with Crippen molar-refractivity contribution < 1.29 is 9.59 Å². The molecule has 3 amide bonds. The van der Waals surface area contributed by atoms with Gasteiger partial charge >= 0.3 is 6.03 Å². The van der Waals surface area contributed by atoms with Gasteiger partial charge in [0.2, 0.25) is 5.91 Å². The smallest absolute Gasteiger partial charge is 0.317 e. The van der Waals surface area contributed by atoms with E-state index in [0.717, 1.165) is 64.8 Å². The molecule has 0 radical (unpaired) electrons. The van der Waals surface area contributed by atoms with Gasteiger partial charge in [-0.25, -0.2) is 4.79 Å². The highest BCUT2D eigenvalue weighted by Gasteiger charge is 2.34. The molecular weight excluding hydrogens is 316 g/mol. The Bertz CT molecular complexity index is 510. The molecule has 6 heteroatoms. The topological polar surface area (TPSA) is 55.9 Å². The molecule has 25 heavy (non-hydrogen) atoms. The number of nitrogens with one attached hydrogen (secondary N) is 1. The van der Waals surface area contributed by atoms with Crippen LogP contribution in [0.4, 0.5) is 4.79 Å². The second-order valence-electron chi connectivity index (χ2n) is 7.90. The minimum Gasteiger partial charge on any atom is -0.341 e. The van der Waals surface area contributed by atoms with E-state index in [-0.39, 0.29) is 18.0 Å². The Balaban J connectivity index is 1.41. The molecule has 0 atom stereocenters. The number of urea groups is 1. The minimum atomic E-state index is 0.0408. The van der Waals surface area contributed by atoms with Crippen LogP contribution in [0.3, 0.4) is 0 Å². The van der Waals surface area contributed by atoms with Gasteiger partial charge in [-0.2, -0.15) is 0 Å². The van der Waals surface area contributed by atoms with Crippen molar-refractivity contribution in [1.82, 2.24) is 20.0 Å². The van der Waals surface area contributed by atoms with Crippen molar-refractivity contribution >= 4 is 11.9 Å². The lowest BCUT2D eigenvalue weighted by atomic mass is 10.0. The average molecular weight is 348 g/mol. The predicted octanol–water partition coefficient (Wildman–Crippen LogP) is 1.68. The Morgan fingerprint density at radius 3 is 2.24 bits per heavy atom. The van der Waals surface area contributed by atoms with Crippen LogP contribution < -0.4 is 5.32 Å². The lowest BCUT2D eigenvalue weighted by molar-refractivity contribution is -0.132. The van der Waals surface area contributed by atoms with Crippen LogP contribution in [-0.4, -0.2) is 78.5 Å². The molecule has 0 spiro atoms. The first-order chi connectivity index (χ1) is 12.0. The third kappa shape index (κ3) is 5.21. The van der Waals surface area contributed by atoms with Gasteiger partial charge in [-0.05, 0) is 39.0 Å². The van der Waals surface area contributed by atoms with Crippen molar-refractivity contribution in [3.63, 3.8) is 0 Å². The summed E-state index contributed by atoms with van der Waals surface area (Å²) in [6, 6.07) is 0.306. The highest BCUT2D eigenvalue weighted by Crippen LogP contribution is 2.31. The first kappa shape index (κ1) is 18.2. The summed E-state index contributed by atoms with van der Waals surface area (Å²) in [5.74, 6) is 0.567. The number of piperidine rings is 1. The maximum atomic E-state index is 12.6. The predicted molar refractivity (Wildman–Crippen MR) is 98.3 cm³/mol. The van der Waals surface area contributed by atoms with E-state index < -0.39 is 0 Å². The van der Waals surface area contributed by atoms with Crippen LogP contribution >= 0.6 is 0 Å². The van der Waals surface area contributed by atoms with Gasteiger partial charge in [0, 0.05) is 57.8 Å². The second kappa shape index (κ2) is 8.21. The summed E-state index contributed by atoms with van der Waals surface area (Å²) < 4.78 is 0. The normalized spacial score (nSPS) is 23.2. The van der Waals surface area contributed by atoms with Crippen LogP contribution in [0.1, 0.15) is 39.0 Å². The first-order valence-electron chi connectivity index (χ1n) is 9.74.